The zero-order valence-corrected chi connectivity index (χ0v) is 7.90. The number of carbonyl (C=O) groups is 1. The van der Waals surface area contributed by atoms with Gasteiger partial charge in [-0.2, -0.15) is 0 Å². The summed E-state index contributed by atoms with van der Waals surface area (Å²) < 4.78 is 9.81. The minimum absolute atomic E-state index is 0.256. The minimum Gasteiger partial charge on any atom is -0.481 e. The zero-order chi connectivity index (χ0) is 10.3. The van der Waals surface area contributed by atoms with Gasteiger partial charge in [-0.05, 0) is 6.42 Å². The predicted molar refractivity (Wildman–Crippen MR) is 45.3 cm³/mol. The number of aliphatic carboxylic acids is 1. The van der Waals surface area contributed by atoms with Crippen molar-refractivity contribution >= 4 is 5.97 Å². The van der Waals surface area contributed by atoms with E-state index in [4.69, 9.17) is 24.5 Å². The summed E-state index contributed by atoms with van der Waals surface area (Å²) in [5.41, 5.74) is 0. The molecule has 2 unspecified atom stereocenters. The monoisotopic (exact) mass is 192 g/mol. The van der Waals surface area contributed by atoms with Crippen LogP contribution in [0.15, 0.2) is 0 Å². The fourth-order valence-corrected chi connectivity index (χ4v) is 0.501. The van der Waals surface area contributed by atoms with Gasteiger partial charge >= 0.3 is 0 Å². The van der Waals surface area contributed by atoms with E-state index in [1.54, 1.807) is 0 Å². The molecule has 1 fully saturated rings. The van der Waals surface area contributed by atoms with Crippen molar-refractivity contribution in [3.63, 3.8) is 0 Å². The maximum absolute atomic E-state index is 9.00. The molecule has 1 heterocycles. The number of hydrogen-bond acceptors (Lipinski definition) is 4. The van der Waals surface area contributed by atoms with Gasteiger partial charge in [0.2, 0.25) is 0 Å². The number of carboxylic acid groups (broad SMARTS) is 1. The van der Waals surface area contributed by atoms with E-state index in [-0.39, 0.29) is 6.10 Å². The quantitative estimate of drug-likeness (QED) is 0.492. The van der Waals surface area contributed by atoms with E-state index in [0.29, 0.717) is 13.0 Å². The molecule has 0 bridgehead atoms. The third-order valence-corrected chi connectivity index (χ3v) is 1.23. The topological polar surface area (TPSA) is 79.3 Å². The van der Waals surface area contributed by atoms with E-state index in [1.807, 2.05) is 6.92 Å². The highest BCUT2D eigenvalue weighted by Gasteiger charge is 2.23. The van der Waals surface area contributed by atoms with Crippen LogP contribution in [0.5, 0.6) is 0 Å². The summed E-state index contributed by atoms with van der Waals surface area (Å²) in [7, 11) is 0. The molecule has 1 rings (SSSR count). The molecule has 0 saturated carbocycles. The maximum atomic E-state index is 9.00. The third kappa shape index (κ3) is 11.3. The highest BCUT2D eigenvalue weighted by atomic mass is 16.6. The Balaban J connectivity index is 0.000000310. The molecule has 1 saturated heterocycles. The second-order valence-electron chi connectivity index (χ2n) is 2.67. The minimum atomic E-state index is -0.833. The number of hydrogen-bond donors (Lipinski definition) is 2. The van der Waals surface area contributed by atoms with E-state index < -0.39 is 12.3 Å². The van der Waals surface area contributed by atoms with Crippen LogP contribution < -0.4 is 0 Å². The fraction of sp³-hybridized carbons (Fsp3) is 0.875. The fourth-order valence-electron chi connectivity index (χ4n) is 0.501. The highest BCUT2D eigenvalue weighted by molar-refractivity contribution is 5.62. The van der Waals surface area contributed by atoms with Gasteiger partial charge in [0.15, 0.2) is 6.29 Å². The summed E-state index contributed by atoms with van der Waals surface area (Å²) in [4.78, 5) is 9.00. The Morgan fingerprint density at radius 3 is 2.54 bits per heavy atom. The van der Waals surface area contributed by atoms with Crippen molar-refractivity contribution in [3.05, 3.63) is 0 Å². The summed E-state index contributed by atoms with van der Waals surface area (Å²) in [6, 6.07) is 0. The van der Waals surface area contributed by atoms with E-state index in [0.717, 1.165) is 13.5 Å². The molecule has 5 nitrogen and oxygen atoms in total. The molecule has 0 radical (unpaired) electrons. The van der Waals surface area contributed by atoms with Crippen molar-refractivity contribution in [2.45, 2.75) is 32.7 Å². The van der Waals surface area contributed by atoms with Gasteiger partial charge in [0.05, 0.1) is 13.2 Å². The Bertz CT molecular complexity index is 139. The van der Waals surface area contributed by atoms with Crippen LogP contribution in [0.4, 0.5) is 0 Å². The van der Waals surface area contributed by atoms with Gasteiger partial charge in [-0.15, -0.1) is 0 Å². The number of rotatable bonds is 4. The molecule has 1 aliphatic heterocycles. The molecule has 1 aliphatic rings. The van der Waals surface area contributed by atoms with E-state index in [1.165, 1.54) is 0 Å². The molecule has 0 aromatic rings. The Morgan fingerprint density at radius 2 is 2.23 bits per heavy atom. The smallest absolute Gasteiger partial charge is 0.300 e. The SMILES string of the molecule is CC(=O)O.CCC(O)OCC1CO1. The van der Waals surface area contributed by atoms with Crippen LogP contribution in [0, 0.1) is 0 Å². The Hall–Kier alpha value is -0.650. The van der Waals surface area contributed by atoms with Gasteiger partial charge < -0.3 is 19.7 Å². The molecule has 5 heteroatoms. The van der Waals surface area contributed by atoms with Crippen molar-refractivity contribution in [1.29, 1.82) is 0 Å². The van der Waals surface area contributed by atoms with Crippen LogP contribution in [0.1, 0.15) is 20.3 Å². The lowest BCUT2D eigenvalue weighted by Crippen LogP contribution is -2.13. The van der Waals surface area contributed by atoms with Gasteiger partial charge in [-0.1, -0.05) is 6.92 Å². The zero-order valence-electron chi connectivity index (χ0n) is 7.90. The molecule has 0 aromatic heterocycles. The Labute approximate surface area is 77.3 Å². The lowest BCUT2D eigenvalue weighted by Gasteiger charge is -2.06. The van der Waals surface area contributed by atoms with Crippen LogP contribution in [0.25, 0.3) is 0 Å². The van der Waals surface area contributed by atoms with E-state index >= 15 is 0 Å². The van der Waals surface area contributed by atoms with Crippen molar-refractivity contribution in [2.75, 3.05) is 13.2 Å². The molecule has 78 valence electrons. The number of carboxylic acids is 1. The van der Waals surface area contributed by atoms with Crippen LogP contribution >= 0.6 is 0 Å². The highest BCUT2D eigenvalue weighted by Crippen LogP contribution is 2.09. The summed E-state index contributed by atoms with van der Waals surface area (Å²) >= 11 is 0. The molecular formula is C8H16O5. The lowest BCUT2D eigenvalue weighted by atomic mass is 10.4. The van der Waals surface area contributed by atoms with Crippen LogP contribution in [-0.2, 0) is 14.3 Å². The van der Waals surface area contributed by atoms with Crippen molar-refractivity contribution in [1.82, 2.24) is 0 Å². The largest absolute Gasteiger partial charge is 0.481 e. The normalized spacial score (nSPS) is 21.3. The maximum Gasteiger partial charge on any atom is 0.300 e. The molecule has 0 spiro atoms. The first-order valence-electron chi connectivity index (χ1n) is 4.17. The van der Waals surface area contributed by atoms with Gasteiger partial charge in [-0.25, -0.2) is 0 Å². The molecule has 2 N–H and O–H groups in total. The van der Waals surface area contributed by atoms with Gasteiger partial charge in [-0.3, -0.25) is 4.79 Å². The predicted octanol–water partition coefficient (Wildman–Crippen LogP) is 0.221. The van der Waals surface area contributed by atoms with Crippen LogP contribution in [0.3, 0.4) is 0 Å². The van der Waals surface area contributed by atoms with Gasteiger partial charge in [0, 0.05) is 6.92 Å². The first-order chi connectivity index (χ1) is 6.06. The molecule has 0 aliphatic carbocycles. The summed E-state index contributed by atoms with van der Waals surface area (Å²) in [6.45, 7) is 4.28. The van der Waals surface area contributed by atoms with Gasteiger partial charge in [0.1, 0.15) is 6.10 Å². The number of aliphatic hydroxyl groups is 1. The van der Waals surface area contributed by atoms with Crippen molar-refractivity contribution < 1.29 is 24.5 Å². The molecule has 0 amide bonds. The van der Waals surface area contributed by atoms with Crippen molar-refractivity contribution in [2.24, 2.45) is 0 Å². The van der Waals surface area contributed by atoms with Crippen LogP contribution in [0.2, 0.25) is 0 Å². The number of ether oxygens (including phenoxy) is 2. The summed E-state index contributed by atoms with van der Waals surface area (Å²) in [5.74, 6) is -0.833. The first kappa shape index (κ1) is 12.3. The lowest BCUT2D eigenvalue weighted by molar-refractivity contribution is -0.134. The third-order valence-electron chi connectivity index (χ3n) is 1.23. The van der Waals surface area contributed by atoms with Crippen LogP contribution in [-0.4, -0.2) is 41.8 Å². The summed E-state index contributed by atoms with van der Waals surface area (Å²) in [5, 5.41) is 16.3. The van der Waals surface area contributed by atoms with Gasteiger partial charge in [0.25, 0.3) is 5.97 Å². The molecule has 0 aromatic carbocycles. The first-order valence-corrected chi connectivity index (χ1v) is 4.17. The number of aliphatic hydroxyl groups excluding tert-OH is 1. The average Bonchev–Trinajstić information content (AvgIpc) is 2.82. The summed E-state index contributed by atoms with van der Waals surface area (Å²) in [6.07, 6.45) is 0.299. The standard InChI is InChI=1S/C6H12O3.C2H4O2/c1-2-6(7)9-4-5-3-8-5;1-2(3)4/h5-7H,2-4H2,1H3;1H3,(H,3,4). The Kier molecular flexibility index (Phi) is 6.48. The molecular weight excluding hydrogens is 176 g/mol. The Morgan fingerprint density at radius 1 is 1.77 bits per heavy atom. The second kappa shape index (κ2) is 6.82. The van der Waals surface area contributed by atoms with Crippen molar-refractivity contribution in [3.8, 4) is 0 Å². The second-order valence-corrected chi connectivity index (χ2v) is 2.67. The average molecular weight is 192 g/mol. The van der Waals surface area contributed by atoms with E-state index in [9.17, 15) is 0 Å². The molecule has 2 atom stereocenters. The molecule has 13 heavy (non-hydrogen) atoms. The van der Waals surface area contributed by atoms with E-state index in [2.05, 4.69) is 0 Å². The number of epoxide rings is 1.